The van der Waals surface area contributed by atoms with Crippen LogP contribution in [0.2, 0.25) is 0 Å². The Labute approximate surface area is 151 Å². The van der Waals surface area contributed by atoms with E-state index in [1.165, 1.54) is 16.9 Å². The number of carbonyl (C=O) groups excluding carboxylic acids is 1. The van der Waals surface area contributed by atoms with E-state index in [-0.39, 0.29) is 5.91 Å². The van der Waals surface area contributed by atoms with Crippen molar-refractivity contribution in [2.45, 2.75) is 18.8 Å². The van der Waals surface area contributed by atoms with Gasteiger partial charge in [0, 0.05) is 42.6 Å². The molecule has 1 saturated heterocycles. The first-order valence-electron chi connectivity index (χ1n) is 8.33. The van der Waals surface area contributed by atoms with Crippen LogP contribution in [0.3, 0.4) is 0 Å². The molecule has 1 aromatic carbocycles. The minimum atomic E-state index is 0.0114. The van der Waals surface area contributed by atoms with Crippen LogP contribution >= 0.6 is 11.3 Å². The molecule has 2 heterocycles. The number of rotatable bonds is 7. The molecule has 0 unspecified atom stereocenters. The van der Waals surface area contributed by atoms with Gasteiger partial charge in [0.25, 0.3) is 0 Å². The molecular formula is C18H23N3O3S. The van der Waals surface area contributed by atoms with Crippen LogP contribution in [0.4, 0.5) is 5.13 Å². The van der Waals surface area contributed by atoms with Gasteiger partial charge in [-0.1, -0.05) is 0 Å². The lowest BCUT2D eigenvalue weighted by Gasteiger charge is -2.18. The molecule has 0 bridgehead atoms. The number of nitrogens with zero attached hydrogens (tertiary/aromatic N) is 2. The predicted molar refractivity (Wildman–Crippen MR) is 98.7 cm³/mol. The average Bonchev–Trinajstić information content (AvgIpc) is 3.31. The van der Waals surface area contributed by atoms with Crippen molar-refractivity contribution in [3.05, 3.63) is 35.3 Å². The molecule has 7 heteroatoms. The normalized spacial score (nSPS) is 17.4. The van der Waals surface area contributed by atoms with Gasteiger partial charge in [-0.15, -0.1) is 11.3 Å². The molecule has 2 aromatic rings. The number of anilines is 1. The zero-order chi connectivity index (χ0) is 17.6. The molecular weight excluding hydrogens is 338 g/mol. The Morgan fingerprint density at radius 3 is 3.00 bits per heavy atom. The molecule has 3 rings (SSSR count). The number of likely N-dealkylation sites (tertiary alicyclic amines) is 1. The fraction of sp³-hybridized carbons (Fsp3) is 0.444. The molecule has 25 heavy (non-hydrogen) atoms. The van der Waals surface area contributed by atoms with E-state index >= 15 is 0 Å². The first kappa shape index (κ1) is 17.7. The van der Waals surface area contributed by atoms with Gasteiger partial charge in [-0.2, -0.15) is 0 Å². The summed E-state index contributed by atoms with van der Waals surface area (Å²) in [5, 5.41) is 5.33. The molecule has 1 N–H and O–H groups in total. The molecule has 0 spiro atoms. The maximum absolute atomic E-state index is 12.0. The van der Waals surface area contributed by atoms with E-state index in [1.807, 2.05) is 17.5 Å². The second-order valence-electron chi connectivity index (χ2n) is 6.03. The third-order valence-electron chi connectivity index (χ3n) is 4.48. The number of aromatic nitrogens is 1. The summed E-state index contributed by atoms with van der Waals surface area (Å²) in [6, 6.07) is 5.93. The number of thiazole rings is 1. The van der Waals surface area contributed by atoms with Crippen LogP contribution in [0.5, 0.6) is 11.5 Å². The zero-order valence-electron chi connectivity index (χ0n) is 14.5. The largest absolute Gasteiger partial charge is 0.497 e. The van der Waals surface area contributed by atoms with Crippen LogP contribution in [0, 0.1) is 0 Å². The minimum absolute atomic E-state index is 0.0114. The van der Waals surface area contributed by atoms with Gasteiger partial charge < -0.3 is 19.7 Å². The Balaban J connectivity index is 1.54. The van der Waals surface area contributed by atoms with Crippen molar-refractivity contribution in [3.8, 4) is 11.5 Å². The SMILES string of the molecule is COc1ccc(OC)c([C@@H]2CCN(CCC(=O)Nc3nccs3)C2)c1. The molecule has 1 aromatic heterocycles. The molecule has 1 amide bonds. The van der Waals surface area contributed by atoms with E-state index in [2.05, 4.69) is 21.3 Å². The van der Waals surface area contributed by atoms with Crippen molar-refractivity contribution >= 4 is 22.4 Å². The second kappa shape index (κ2) is 8.31. The molecule has 0 aliphatic carbocycles. The fourth-order valence-electron chi connectivity index (χ4n) is 3.17. The highest BCUT2D eigenvalue weighted by molar-refractivity contribution is 7.13. The van der Waals surface area contributed by atoms with Gasteiger partial charge in [0.15, 0.2) is 5.13 Å². The quantitative estimate of drug-likeness (QED) is 0.821. The lowest BCUT2D eigenvalue weighted by atomic mass is 9.97. The summed E-state index contributed by atoms with van der Waals surface area (Å²) in [6.07, 6.45) is 3.21. The van der Waals surface area contributed by atoms with Crippen molar-refractivity contribution < 1.29 is 14.3 Å². The van der Waals surface area contributed by atoms with Gasteiger partial charge in [-0.05, 0) is 31.2 Å². The second-order valence-corrected chi connectivity index (χ2v) is 6.92. The standard InChI is InChI=1S/C18H23N3O3S/c1-23-14-3-4-16(24-2)15(11-14)13-5-8-21(12-13)9-6-17(22)20-18-19-7-10-25-18/h3-4,7,10-11,13H,5-6,8-9,12H2,1-2H3,(H,19,20,22)/t13-/m1/s1. The number of hydrogen-bond donors (Lipinski definition) is 1. The van der Waals surface area contributed by atoms with Crippen molar-refractivity contribution in [2.24, 2.45) is 0 Å². The number of nitrogens with one attached hydrogen (secondary N) is 1. The highest BCUT2D eigenvalue weighted by atomic mass is 32.1. The number of amides is 1. The van der Waals surface area contributed by atoms with Gasteiger partial charge in [0.2, 0.25) is 5.91 Å². The van der Waals surface area contributed by atoms with Crippen LogP contribution in [-0.4, -0.2) is 49.6 Å². The van der Waals surface area contributed by atoms with Crippen molar-refractivity contribution in [3.63, 3.8) is 0 Å². The Morgan fingerprint density at radius 1 is 1.40 bits per heavy atom. The molecule has 1 aliphatic heterocycles. The van der Waals surface area contributed by atoms with Gasteiger partial charge in [0.1, 0.15) is 11.5 Å². The summed E-state index contributed by atoms with van der Waals surface area (Å²) in [6.45, 7) is 2.66. The first-order valence-corrected chi connectivity index (χ1v) is 9.21. The monoisotopic (exact) mass is 361 g/mol. The summed E-state index contributed by atoms with van der Waals surface area (Å²) in [7, 11) is 3.37. The molecule has 1 aliphatic rings. The third-order valence-corrected chi connectivity index (χ3v) is 5.17. The van der Waals surface area contributed by atoms with Gasteiger partial charge in [-0.3, -0.25) is 4.79 Å². The molecule has 6 nitrogen and oxygen atoms in total. The number of ether oxygens (including phenoxy) is 2. The van der Waals surface area contributed by atoms with Crippen molar-refractivity contribution in [1.82, 2.24) is 9.88 Å². The molecule has 1 fully saturated rings. The smallest absolute Gasteiger partial charge is 0.227 e. The number of benzene rings is 1. The Hall–Kier alpha value is -2.12. The lowest BCUT2D eigenvalue weighted by molar-refractivity contribution is -0.116. The minimum Gasteiger partial charge on any atom is -0.497 e. The van der Waals surface area contributed by atoms with Crippen LogP contribution in [0.15, 0.2) is 29.8 Å². The lowest BCUT2D eigenvalue weighted by Crippen LogP contribution is -2.25. The molecule has 134 valence electrons. The molecule has 0 saturated carbocycles. The predicted octanol–water partition coefficient (Wildman–Crippen LogP) is 2.98. The van der Waals surface area contributed by atoms with E-state index in [0.29, 0.717) is 17.5 Å². The third kappa shape index (κ3) is 4.49. The summed E-state index contributed by atoms with van der Waals surface area (Å²) < 4.78 is 10.8. The number of carbonyl (C=O) groups is 1. The Morgan fingerprint density at radius 2 is 2.28 bits per heavy atom. The Kier molecular flexibility index (Phi) is 5.88. The summed E-state index contributed by atoms with van der Waals surface area (Å²) in [5.74, 6) is 2.15. The van der Waals surface area contributed by atoms with E-state index in [1.54, 1.807) is 20.4 Å². The Bertz CT molecular complexity index is 706. The van der Waals surface area contributed by atoms with E-state index in [0.717, 1.165) is 37.6 Å². The maximum atomic E-state index is 12.0. The first-order chi connectivity index (χ1) is 12.2. The maximum Gasteiger partial charge on any atom is 0.227 e. The van der Waals surface area contributed by atoms with Crippen molar-refractivity contribution in [2.75, 3.05) is 39.2 Å². The topological polar surface area (TPSA) is 63.7 Å². The van der Waals surface area contributed by atoms with Crippen LogP contribution in [0.1, 0.15) is 24.3 Å². The highest BCUT2D eigenvalue weighted by Crippen LogP contribution is 2.35. The highest BCUT2D eigenvalue weighted by Gasteiger charge is 2.26. The van der Waals surface area contributed by atoms with Crippen LogP contribution in [-0.2, 0) is 4.79 Å². The molecule has 0 radical (unpaired) electrons. The summed E-state index contributed by atoms with van der Waals surface area (Å²) in [4.78, 5) is 18.4. The average molecular weight is 361 g/mol. The van der Waals surface area contributed by atoms with E-state index in [4.69, 9.17) is 9.47 Å². The van der Waals surface area contributed by atoms with Gasteiger partial charge in [-0.25, -0.2) is 4.98 Å². The molecule has 1 atom stereocenters. The fourth-order valence-corrected chi connectivity index (χ4v) is 3.72. The zero-order valence-corrected chi connectivity index (χ0v) is 15.3. The number of hydrogen-bond acceptors (Lipinski definition) is 6. The van der Waals surface area contributed by atoms with Gasteiger partial charge >= 0.3 is 0 Å². The van der Waals surface area contributed by atoms with Crippen molar-refractivity contribution in [1.29, 1.82) is 0 Å². The van der Waals surface area contributed by atoms with Crippen LogP contribution in [0.25, 0.3) is 0 Å². The number of methoxy groups -OCH3 is 2. The summed E-state index contributed by atoms with van der Waals surface area (Å²) >= 11 is 1.43. The van der Waals surface area contributed by atoms with E-state index < -0.39 is 0 Å². The van der Waals surface area contributed by atoms with E-state index in [9.17, 15) is 4.79 Å². The summed E-state index contributed by atoms with van der Waals surface area (Å²) in [5.41, 5.74) is 1.18. The van der Waals surface area contributed by atoms with Crippen LogP contribution < -0.4 is 14.8 Å². The van der Waals surface area contributed by atoms with Gasteiger partial charge in [0.05, 0.1) is 14.2 Å².